The van der Waals surface area contributed by atoms with Crippen molar-refractivity contribution in [3.05, 3.63) is 135 Å². The van der Waals surface area contributed by atoms with Gasteiger partial charge in [-0.25, -0.2) is 0 Å². The van der Waals surface area contributed by atoms with Gasteiger partial charge in [-0.15, -0.1) is 11.8 Å². The van der Waals surface area contributed by atoms with Gasteiger partial charge in [0.15, 0.2) is 0 Å². The minimum absolute atomic E-state index is 0.0467. The summed E-state index contributed by atoms with van der Waals surface area (Å²) in [4.78, 5) is 50.1. The summed E-state index contributed by atoms with van der Waals surface area (Å²) >= 11 is 1.24. The average molecular weight is 581 g/mol. The molecular weight excluding hydrogens is 552 g/mol. The predicted molar refractivity (Wildman–Crippen MR) is 165 cm³/mol. The molecular formula is C32H28N4O5S. The molecule has 0 radical (unpaired) electrons. The average Bonchev–Trinajstić information content (AvgIpc) is 2.98. The maximum atomic E-state index is 13.4. The van der Waals surface area contributed by atoms with E-state index in [0.29, 0.717) is 22.5 Å². The van der Waals surface area contributed by atoms with Gasteiger partial charge in [-0.3, -0.25) is 24.5 Å². The Bertz CT molecular complexity index is 1670. The molecule has 0 saturated heterocycles. The second-order valence-corrected chi connectivity index (χ2v) is 10.4. The normalized spacial score (nSPS) is 11.0. The Morgan fingerprint density at radius 2 is 1.57 bits per heavy atom. The van der Waals surface area contributed by atoms with Crippen LogP contribution in [0.4, 0.5) is 17.1 Å². The fraction of sp³-hybridized carbons (Fsp3) is 0.0938. The number of hydrogen-bond acceptors (Lipinski definition) is 6. The minimum Gasteiger partial charge on any atom is -0.325 e. The summed E-state index contributed by atoms with van der Waals surface area (Å²) in [6.07, 6.45) is 1.63. The first-order valence-corrected chi connectivity index (χ1v) is 13.9. The second kappa shape index (κ2) is 13.9. The number of nitrogens with one attached hydrogen (secondary N) is 3. The highest BCUT2D eigenvalue weighted by Gasteiger charge is 2.16. The number of thioether (sulfide) groups is 1. The van der Waals surface area contributed by atoms with Crippen molar-refractivity contribution in [3.63, 3.8) is 0 Å². The van der Waals surface area contributed by atoms with Crippen LogP contribution in [0.3, 0.4) is 0 Å². The Kier molecular flexibility index (Phi) is 9.85. The van der Waals surface area contributed by atoms with E-state index < -0.39 is 16.7 Å². The standard InChI is InChI=1S/C32H28N4O5S/c1-21-9-6-7-12-24(21)17-29(35-31(38)23-10-4-3-5-11-23)32(39)33-25-13-8-14-27(18-25)42-20-30(37)34-28-19-26(36(40)41)16-15-22(28)2/h3-19H,20H2,1-2H3,(H,33,39)(H,34,37)(H,35,38)/b29-17-. The van der Waals surface area contributed by atoms with Crippen molar-refractivity contribution < 1.29 is 19.3 Å². The van der Waals surface area contributed by atoms with Crippen LogP contribution in [0.1, 0.15) is 27.0 Å². The van der Waals surface area contributed by atoms with E-state index in [1.165, 1.54) is 23.9 Å². The third-order valence-corrected chi connectivity index (χ3v) is 7.18. The van der Waals surface area contributed by atoms with Gasteiger partial charge in [0.1, 0.15) is 5.70 Å². The van der Waals surface area contributed by atoms with E-state index >= 15 is 0 Å². The Morgan fingerprint density at radius 1 is 0.833 bits per heavy atom. The van der Waals surface area contributed by atoms with E-state index in [2.05, 4.69) is 16.0 Å². The van der Waals surface area contributed by atoms with E-state index in [9.17, 15) is 24.5 Å². The van der Waals surface area contributed by atoms with Gasteiger partial charge < -0.3 is 16.0 Å². The van der Waals surface area contributed by atoms with Crippen molar-refractivity contribution in [2.24, 2.45) is 0 Å². The van der Waals surface area contributed by atoms with E-state index in [0.717, 1.165) is 16.0 Å². The van der Waals surface area contributed by atoms with Crippen molar-refractivity contribution in [1.29, 1.82) is 0 Å². The number of rotatable bonds is 10. The molecule has 0 spiro atoms. The molecule has 0 aliphatic heterocycles. The maximum Gasteiger partial charge on any atom is 0.272 e. The van der Waals surface area contributed by atoms with Crippen LogP contribution in [0.2, 0.25) is 0 Å². The third-order valence-electron chi connectivity index (χ3n) is 6.18. The lowest BCUT2D eigenvalue weighted by molar-refractivity contribution is -0.384. The molecule has 3 N–H and O–H groups in total. The van der Waals surface area contributed by atoms with Crippen LogP contribution < -0.4 is 16.0 Å². The van der Waals surface area contributed by atoms with Gasteiger partial charge in [0.05, 0.1) is 16.4 Å². The quantitative estimate of drug-likeness (QED) is 0.0867. The third kappa shape index (κ3) is 8.15. The Hall–Kier alpha value is -5.22. The Morgan fingerprint density at radius 3 is 2.31 bits per heavy atom. The monoisotopic (exact) mass is 580 g/mol. The molecule has 10 heteroatoms. The maximum absolute atomic E-state index is 13.4. The molecule has 4 aromatic carbocycles. The summed E-state index contributed by atoms with van der Waals surface area (Å²) < 4.78 is 0. The number of carbonyl (C=O) groups excluding carboxylic acids is 3. The van der Waals surface area contributed by atoms with Crippen LogP contribution in [0.5, 0.6) is 0 Å². The zero-order chi connectivity index (χ0) is 30.1. The molecule has 4 aromatic rings. The Labute approximate surface area is 247 Å². The molecule has 0 unspecified atom stereocenters. The van der Waals surface area contributed by atoms with Crippen molar-refractivity contribution in [1.82, 2.24) is 5.32 Å². The summed E-state index contributed by atoms with van der Waals surface area (Å²) in [6, 6.07) is 27.4. The topological polar surface area (TPSA) is 130 Å². The second-order valence-electron chi connectivity index (χ2n) is 9.31. The molecule has 0 fully saturated rings. The zero-order valence-electron chi connectivity index (χ0n) is 22.9. The molecule has 0 saturated carbocycles. The van der Waals surface area contributed by atoms with Gasteiger partial charge in [0.2, 0.25) is 5.91 Å². The fourth-order valence-corrected chi connectivity index (χ4v) is 4.66. The van der Waals surface area contributed by atoms with Crippen LogP contribution in [0.15, 0.2) is 108 Å². The largest absolute Gasteiger partial charge is 0.325 e. The molecule has 0 aliphatic carbocycles. The SMILES string of the molecule is Cc1ccccc1/C=C(\NC(=O)c1ccccc1)C(=O)Nc1cccc(SCC(=O)Nc2cc([N+](=O)[O-])ccc2C)c1. The molecule has 0 aliphatic rings. The lowest BCUT2D eigenvalue weighted by Gasteiger charge is -2.13. The molecule has 0 heterocycles. The number of carbonyl (C=O) groups is 3. The highest BCUT2D eigenvalue weighted by atomic mass is 32.2. The van der Waals surface area contributed by atoms with Gasteiger partial charge in [-0.1, -0.05) is 54.6 Å². The molecule has 3 amide bonds. The molecule has 212 valence electrons. The van der Waals surface area contributed by atoms with Crippen molar-refractivity contribution in [2.45, 2.75) is 18.7 Å². The van der Waals surface area contributed by atoms with Crippen LogP contribution in [0.25, 0.3) is 6.08 Å². The summed E-state index contributed by atoms with van der Waals surface area (Å²) in [5, 5.41) is 19.3. The van der Waals surface area contributed by atoms with Crippen LogP contribution in [0, 0.1) is 24.0 Å². The van der Waals surface area contributed by atoms with Gasteiger partial charge >= 0.3 is 0 Å². The first-order valence-electron chi connectivity index (χ1n) is 12.9. The highest BCUT2D eigenvalue weighted by molar-refractivity contribution is 8.00. The minimum atomic E-state index is -0.516. The highest BCUT2D eigenvalue weighted by Crippen LogP contribution is 2.25. The van der Waals surface area contributed by atoms with Crippen molar-refractivity contribution in [3.8, 4) is 0 Å². The summed E-state index contributed by atoms with van der Waals surface area (Å²) in [6.45, 7) is 3.67. The van der Waals surface area contributed by atoms with E-state index in [1.54, 1.807) is 73.7 Å². The van der Waals surface area contributed by atoms with Crippen molar-refractivity contribution >= 4 is 52.6 Å². The van der Waals surface area contributed by atoms with E-state index in [4.69, 9.17) is 0 Å². The first-order chi connectivity index (χ1) is 20.2. The predicted octanol–water partition coefficient (Wildman–Crippen LogP) is 6.35. The first kappa shape index (κ1) is 29.8. The molecule has 4 rings (SSSR count). The van der Waals surface area contributed by atoms with E-state index in [1.807, 2.05) is 31.2 Å². The number of nitrogens with zero attached hydrogens (tertiary/aromatic N) is 1. The van der Waals surface area contributed by atoms with Gasteiger partial charge in [-0.05, 0) is 66.9 Å². The number of hydrogen-bond donors (Lipinski definition) is 3. The summed E-state index contributed by atoms with van der Waals surface area (Å²) in [7, 11) is 0. The number of amides is 3. The Balaban J connectivity index is 1.45. The van der Waals surface area contributed by atoms with Gasteiger partial charge in [0.25, 0.3) is 17.5 Å². The number of aryl methyl sites for hydroxylation is 2. The molecule has 0 atom stereocenters. The van der Waals surface area contributed by atoms with Crippen LogP contribution >= 0.6 is 11.8 Å². The lowest BCUT2D eigenvalue weighted by Crippen LogP contribution is -2.30. The summed E-state index contributed by atoms with van der Waals surface area (Å²) in [5.41, 5.74) is 3.66. The fourth-order valence-electron chi connectivity index (χ4n) is 3.90. The van der Waals surface area contributed by atoms with Crippen LogP contribution in [-0.4, -0.2) is 28.4 Å². The number of non-ortho nitro benzene ring substituents is 1. The summed E-state index contributed by atoms with van der Waals surface area (Å²) in [5.74, 6) is -1.21. The number of nitro benzene ring substituents is 1. The number of benzene rings is 4. The zero-order valence-corrected chi connectivity index (χ0v) is 23.7. The van der Waals surface area contributed by atoms with E-state index in [-0.39, 0.29) is 23.0 Å². The smallest absolute Gasteiger partial charge is 0.272 e. The number of nitro groups is 1. The molecule has 42 heavy (non-hydrogen) atoms. The molecule has 0 aromatic heterocycles. The molecule has 9 nitrogen and oxygen atoms in total. The lowest BCUT2D eigenvalue weighted by atomic mass is 10.1. The van der Waals surface area contributed by atoms with Gasteiger partial charge in [0, 0.05) is 28.3 Å². The number of anilines is 2. The van der Waals surface area contributed by atoms with Gasteiger partial charge in [-0.2, -0.15) is 0 Å². The molecule has 0 bridgehead atoms. The van der Waals surface area contributed by atoms with Crippen LogP contribution in [-0.2, 0) is 9.59 Å². The van der Waals surface area contributed by atoms with Crippen molar-refractivity contribution in [2.75, 3.05) is 16.4 Å².